The summed E-state index contributed by atoms with van der Waals surface area (Å²) in [6, 6.07) is 7.38. The number of carbonyl (C=O) groups excluding carboxylic acids is 1. The van der Waals surface area contributed by atoms with Crippen molar-refractivity contribution in [2.24, 2.45) is 5.41 Å². The van der Waals surface area contributed by atoms with Crippen LogP contribution >= 0.6 is 11.6 Å². The monoisotopic (exact) mass is 343 g/mol. The molecule has 1 aromatic heterocycles. The normalized spacial score (nSPS) is 24.1. The Morgan fingerprint density at radius 3 is 2.54 bits per heavy atom. The summed E-state index contributed by atoms with van der Waals surface area (Å²) in [6.07, 6.45) is 6.48. The first-order chi connectivity index (χ1) is 11.6. The van der Waals surface area contributed by atoms with Gasteiger partial charge in [-0.05, 0) is 31.4 Å². The molecule has 2 unspecified atom stereocenters. The van der Waals surface area contributed by atoms with Gasteiger partial charge in [0, 0.05) is 29.4 Å². The van der Waals surface area contributed by atoms with E-state index < -0.39 is 0 Å². The Bertz CT molecular complexity index is 774. The van der Waals surface area contributed by atoms with Crippen LogP contribution in [0.5, 0.6) is 0 Å². The maximum absolute atomic E-state index is 12.4. The first-order valence-corrected chi connectivity index (χ1v) is 8.54. The van der Waals surface area contributed by atoms with Gasteiger partial charge >= 0.3 is 0 Å². The number of nitrogens with zero attached hydrogens (tertiary/aromatic N) is 2. The van der Waals surface area contributed by atoms with Gasteiger partial charge < -0.3 is 10.4 Å². The number of aromatic nitrogens is 2. The Morgan fingerprint density at radius 2 is 1.96 bits per heavy atom. The fraction of sp³-hybridized carbons (Fsp3) is 0.389. The Kier molecular flexibility index (Phi) is 3.77. The van der Waals surface area contributed by atoms with Crippen molar-refractivity contribution in [2.75, 3.05) is 0 Å². The summed E-state index contributed by atoms with van der Waals surface area (Å²) in [6.45, 7) is 0. The number of benzene rings is 1. The molecule has 5 nitrogen and oxygen atoms in total. The minimum atomic E-state index is -0.282. The van der Waals surface area contributed by atoms with E-state index in [2.05, 4.69) is 15.3 Å². The van der Waals surface area contributed by atoms with Crippen molar-refractivity contribution in [1.29, 1.82) is 0 Å². The first-order valence-electron chi connectivity index (χ1n) is 8.16. The van der Waals surface area contributed by atoms with E-state index in [0.717, 1.165) is 24.8 Å². The van der Waals surface area contributed by atoms with E-state index in [9.17, 15) is 9.90 Å². The van der Waals surface area contributed by atoms with Crippen LogP contribution in [-0.2, 0) is 0 Å². The molecule has 0 radical (unpaired) electrons. The average Bonchev–Trinajstić information content (AvgIpc) is 2.53. The fourth-order valence-electron chi connectivity index (χ4n) is 3.70. The van der Waals surface area contributed by atoms with Gasteiger partial charge in [-0.25, -0.2) is 9.97 Å². The number of halogens is 1. The predicted octanol–water partition coefficient (Wildman–Crippen LogP) is 2.83. The van der Waals surface area contributed by atoms with Crippen molar-refractivity contribution >= 4 is 17.5 Å². The van der Waals surface area contributed by atoms with E-state index in [1.54, 1.807) is 6.07 Å². The lowest BCUT2D eigenvalue weighted by Crippen LogP contribution is -2.66. The lowest BCUT2D eigenvalue weighted by atomic mass is 9.51. The van der Waals surface area contributed by atoms with E-state index in [4.69, 9.17) is 11.6 Å². The van der Waals surface area contributed by atoms with Crippen LogP contribution in [0, 0.1) is 5.41 Å². The molecule has 24 heavy (non-hydrogen) atoms. The third kappa shape index (κ3) is 2.39. The molecule has 0 bridgehead atoms. The van der Waals surface area contributed by atoms with Crippen LogP contribution in [0.1, 0.15) is 36.0 Å². The Hall–Kier alpha value is -1.98. The van der Waals surface area contributed by atoms with Gasteiger partial charge in [-0.1, -0.05) is 30.2 Å². The molecule has 2 aromatic rings. The molecule has 4 rings (SSSR count). The summed E-state index contributed by atoms with van der Waals surface area (Å²) >= 11 is 6.14. The third-order valence-electron chi connectivity index (χ3n) is 5.44. The smallest absolute Gasteiger partial charge is 0.254 e. The molecule has 2 N–H and O–H groups in total. The molecule has 1 aromatic carbocycles. The van der Waals surface area contributed by atoms with Crippen molar-refractivity contribution in [3.63, 3.8) is 0 Å². The summed E-state index contributed by atoms with van der Waals surface area (Å²) in [5.74, 6) is 0.301. The van der Waals surface area contributed by atoms with E-state index in [1.807, 2.05) is 18.2 Å². The molecule has 0 saturated heterocycles. The van der Waals surface area contributed by atoms with Crippen LogP contribution in [0.3, 0.4) is 0 Å². The van der Waals surface area contributed by atoms with Gasteiger partial charge in [0.25, 0.3) is 5.91 Å². The molecule has 2 saturated carbocycles. The molecule has 1 amide bonds. The van der Waals surface area contributed by atoms with Gasteiger partial charge in [0.1, 0.15) is 0 Å². The number of amides is 1. The highest BCUT2D eigenvalue weighted by molar-refractivity contribution is 6.33. The Balaban J connectivity index is 1.47. The second-order valence-corrected chi connectivity index (χ2v) is 7.05. The SMILES string of the molecule is O=C(NC1CC(O)C12CCC2)c1cnc(-c2ccccc2Cl)nc1. The molecule has 124 valence electrons. The van der Waals surface area contributed by atoms with Crippen molar-refractivity contribution < 1.29 is 9.90 Å². The van der Waals surface area contributed by atoms with Crippen molar-refractivity contribution in [2.45, 2.75) is 37.8 Å². The van der Waals surface area contributed by atoms with Crippen LogP contribution in [-0.4, -0.2) is 33.1 Å². The van der Waals surface area contributed by atoms with Gasteiger partial charge in [0.05, 0.1) is 16.7 Å². The number of hydrogen-bond acceptors (Lipinski definition) is 4. The zero-order valence-corrected chi connectivity index (χ0v) is 13.8. The number of aliphatic hydroxyl groups is 1. The van der Waals surface area contributed by atoms with E-state index >= 15 is 0 Å². The first kappa shape index (κ1) is 15.5. The van der Waals surface area contributed by atoms with Crippen LogP contribution in [0.4, 0.5) is 0 Å². The highest BCUT2D eigenvalue weighted by Crippen LogP contribution is 2.55. The molecule has 0 aliphatic heterocycles. The minimum Gasteiger partial charge on any atom is -0.392 e. The molecule has 6 heteroatoms. The number of carbonyl (C=O) groups is 1. The lowest BCUT2D eigenvalue weighted by Gasteiger charge is -2.59. The molecule has 2 aliphatic carbocycles. The quantitative estimate of drug-likeness (QED) is 0.898. The second-order valence-electron chi connectivity index (χ2n) is 6.64. The van der Waals surface area contributed by atoms with Crippen molar-refractivity contribution in [3.8, 4) is 11.4 Å². The molecule has 2 atom stereocenters. The van der Waals surface area contributed by atoms with Gasteiger partial charge in [0.15, 0.2) is 5.82 Å². The molecular formula is C18H18ClN3O2. The summed E-state index contributed by atoms with van der Waals surface area (Å²) < 4.78 is 0. The Morgan fingerprint density at radius 1 is 1.25 bits per heavy atom. The van der Waals surface area contributed by atoms with Gasteiger partial charge in [-0.2, -0.15) is 0 Å². The number of hydrogen-bond donors (Lipinski definition) is 2. The zero-order chi connectivity index (χ0) is 16.7. The van der Waals surface area contributed by atoms with E-state index in [1.165, 1.54) is 12.4 Å². The largest absolute Gasteiger partial charge is 0.392 e. The summed E-state index contributed by atoms with van der Waals surface area (Å²) in [7, 11) is 0. The molecule has 2 aliphatic rings. The number of aliphatic hydroxyl groups excluding tert-OH is 1. The topological polar surface area (TPSA) is 75.1 Å². The van der Waals surface area contributed by atoms with Crippen LogP contribution in [0.15, 0.2) is 36.7 Å². The van der Waals surface area contributed by atoms with E-state index in [0.29, 0.717) is 22.8 Å². The molecular weight excluding hydrogens is 326 g/mol. The van der Waals surface area contributed by atoms with Crippen molar-refractivity contribution in [1.82, 2.24) is 15.3 Å². The lowest BCUT2D eigenvalue weighted by molar-refractivity contribution is -0.141. The minimum absolute atomic E-state index is 0.0528. The standard InChI is InChI=1S/C18H18ClN3O2/c19-13-5-2-1-4-12(13)16-20-9-11(10-21-16)17(24)22-14-8-15(23)18(14)6-3-7-18/h1-2,4-5,9-10,14-15,23H,3,6-8H2,(H,22,24). The maximum atomic E-state index is 12.4. The third-order valence-corrected chi connectivity index (χ3v) is 5.76. The Labute approximate surface area is 145 Å². The average molecular weight is 344 g/mol. The van der Waals surface area contributed by atoms with Crippen molar-refractivity contribution in [3.05, 3.63) is 47.2 Å². The highest BCUT2D eigenvalue weighted by atomic mass is 35.5. The maximum Gasteiger partial charge on any atom is 0.254 e. The van der Waals surface area contributed by atoms with Crippen LogP contribution < -0.4 is 5.32 Å². The molecule has 1 spiro atoms. The van der Waals surface area contributed by atoms with Crippen LogP contribution in [0.2, 0.25) is 5.02 Å². The van der Waals surface area contributed by atoms with Gasteiger partial charge in [-0.15, -0.1) is 0 Å². The van der Waals surface area contributed by atoms with Crippen LogP contribution in [0.25, 0.3) is 11.4 Å². The van der Waals surface area contributed by atoms with E-state index in [-0.39, 0.29) is 23.5 Å². The van der Waals surface area contributed by atoms with Gasteiger partial charge in [-0.3, -0.25) is 4.79 Å². The summed E-state index contributed by atoms with van der Waals surface area (Å²) in [5.41, 5.74) is 1.07. The predicted molar refractivity (Wildman–Crippen MR) is 90.6 cm³/mol. The molecule has 1 heterocycles. The summed E-state index contributed by atoms with van der Waals surface area (Å²) in [5, 5.41) is 13.6. The number of rotatable bonds is 3. The summed E-state index contributed by atoms with van der Waals surface area (Å²) in [4.78, 5) is 20.9. The zero-order valence-electron chi connectivity index (χ0n) is 13.1. The second kappa shape index (κ2) is 5.83. The van der Waals surface area contributed by atoms with Gasteiger partial charge in [0.2, 0.25) is 0 Å². The fourth-order valence-corrected chi connectivity index (χ4v) is 3.92. The number of nitrogens with one attached hydrogen (secondary N) is 1. The molecule has 2 fully saturated rings. The highest BCUT2D eigenvalue weighted by Gasteiger charge is 2.58.